The summed E-state index contributed by atoms with van der Waals surface area (Å²) in [7, 11) is 0. The summed E-state index contributed by atoms with van der Waals surface area (Å²) in [6.45, 7) is 0.907. The van der Waals surface area contributed by atoms with E-state index in [1.54, 1.807) is 12.5 Å². The third-order valence-corrected chi connectivity index (χ3v) is 5.05. The third-order valence-electron chi connectivity index (χ3n) is 5.05. The van der Waals surface area contributed by atoms with Crippen molar-refractivity contribution < 1.29 is 9.90 Å². The Morgan fingerprint density at radius 1 is 1.29 bits per heavy atom. The highest BCUT2D eigenvalue weighted by atomic mass is 16.4. The molecule has 3 N–H and O–H groups in total. The fourth-order valence-electron chi connectivity index (χ4n) is 3.55. The average Bonchev–Trinajstić information content (AvgIpc) is 3.35. The number of nitrogens with zero attached hydrogens (tertiary/aromatic N) is 4. The normalized spacial score (nSPS) is 14.4. The van der Waals surface area contributed by atoms with Gasteiger partial charge in [0, 0.05) is 42.3 Å². The Morgan fingerprint density at radius 3 is 3.04 bits per heavy atom. The van der Waals surface area contributed by atoms with E-state index in [9.17, 15) is 4.79 Å². The topological polar surface area (TPSA) is 98.6 Å². The second-order valence-corrected chi connectivity index (χ2v) is 6.78. The number of carboxylic acid groups (broad SMARTS) is 1. The number of amides is 1. The zero-order valence-corrected chi connectivity index (χ0v) is 15.0. The Balaban J connectivity index is 1.46. The standard InChI is InChI=1S/C20H18N6O2/c27-20(28)25-6-2-13(3-7-25)18-10-16-17(1-5-22-19(16)24-18)23-14-4-8-26-12-21-11-15(26)9-14/h1-2,4-5,8-12H,3,6-7H2,(H,27,28)(H2,22,23,24). The van der Waals surface area contributed by atoms with Crippen molar-refractivity contribution in [3.63, 3.8) is 0 Å². The minimum absolute atomic E-state index is 0.407. The van der Waals surface area contributed by atoms with Crippen LogP contribution in [-0.4, -0.2) is 48.5 Å². The Bertz CT molecular complexity index is 1220. The molecule has 0 radical (unpaired) electrons. The first kappa shape index (κ1) is 16.4. The molecule has 0 aliphatic carbocycles. The SMILES string of the molecule is O=C(O)N1CC=C(c2cc3c(Nc4ccn5cncc5c4)ccnc3[nH]2)CC1. The molecule has 0 unspecified atom stereocenters. The summed E-state index contributed by atoms with van der Waals surface area (Å²) in [6, 6.07) is 8.06. The fourth-order valence-corrected chi connectivity index (χ4v) is 3.55. The summed E-state index contributed by atoms with van der Waals surface area (Å²) in [5.74, 6) is 0. The van der Waals surface area contributed by atoms with Crippen LogP contribution in [0.4, 0.5) is 16.2 Å². The predicted molar refractivity (Wildman–Crippen MR) is 107 cm³/mol. The molecule has 4 aromatic heterocycles. The molecule has 8 nitrogen and oxygen atoms in total. The minimum Gasteiger partial charge on any atom is -0.465 e. The number of nitrogens with one attached hydrogen (secondary N) is 2. The molecule has 1 aliphatic rings. The van der Waals surface area contributed by atoms with E-state index in [0.717, 1.165) is 39.2 Å². The van der Waals surface area contributed by atoms with E-state index in [4.69, 9.17) is 5.11 Å². The van der Waals surface area contributed by atoms with Crippen molar-refractivity contribution in [1.29, 1.82) is 0 Å². The van der Waals surface area contributed by atoms with Crippen molar-refractivity contribution in [3.8, 4) is 0 Å². The smallest absolute Gasteiger partial charge is 0.407 e. The van der Waals surface area contributed by atoms with Crippen molar-refractivity contribution in [3.05, 3.63) is 61.0 Å². The maximum atomic E-state index is 11.1. The van der Waals surface area contributed by atoms with Crippen molar-refractivity contribution in [1.82, 2.24) is 24.3 Å². The highest BCUT2D eigenvalue weighted by Crippen LogP contribution is 2.30. The molecule has 0 spiro atoms. The van der Waals surface area contributed by atoms with Crippen LogP contribution in [0.5, 0.6) is 0 Å². The van der Waals surface area contributed by atoms with E-state index in [1.165, 1.54) is 4.90 Å². The summed E-state index contributed by atoms with van der Waals surface area (Å²) < 4.78 is 1.96. The molecule has 4 aromatic rings. The lowest BCUT2D eigenvalue weighted by Gasteiger charge is -2.23. The van der Waals surface area contributed by atoms with Crippen LogP contribution < -0.4 is 5.32 Å². The Kier molecular flexibility index (Phi) is 3.75. The van der Waals surface area contributed by atoms with E-state index in [0.29, 0.717) is 19.5 Å². The number of H-pyrrole nitrogens is 1. The van der Waals surface area contributed by atoms with Gasteiger partial charge < -0.3 is 24.7 Å². The molecular formula is C20H18N6O2. The molecule has 0 fully saturated rings. The predicted octanol–water partition coefficient (Wildman–Crippen LogP) is 3.72. The zero-order valence-electron chi connectivity index (χ0n) is 15.0. The maximum Gasteiger partial charge on any atom is 0.407 e. The summed E-state index contributed by atoms with van der Waals surface area (Å²) in [6.07, 6.45) is 9.08. The minimum atomic E-state index is -0.879. The zero-order chi connectivity index (χ0) is 19.1. The molecule has 28 heavy (non-hydrogen) atoms. The van der Waals surface area contributed by atoms with E-state index < -0.39 is 6.09 Å². The van der Waals surface area contributed by atoms with Crippen molar-refractivity contribution in [2.45, 2.75) is 6.42 Å². The summed E-state index contributed by atoms with van der Waals surface area (Å²) in [4.78, 5) is 24.4. The highest BCUT2D eigenvalue weighted by Gasteiger charge is 2.18. The fraction of sp³-hybridized carbons (Fsp3) is 0.150. The van der Waals surface area contributed by atoms with E-state index >= 15 is 0 Å². The van der Waals surface area contributed by atoms with Gasteiger partial charge in [0.05, 0.1) is 23.7 Å². The maximum absolute atomic E-state index is 11.1. The van der Waals surface area contributed by atoms with Crippen LogP contribution in [0.15, 0.2) is 55.3 Å². The number of anilines is 2. The Labute approximate surface area is 160 Å². The number of fused-ring (bicyclic) bond motifs is 2. The molecule has 0 saturated carbocycles. The quantitative estimate of drug-likeness (QED) is 0.508. The Morgan fingerprint density at radius 2 is 2.21 bits per heavy atom. The van der Waals surface area contributed by atoms with Crippen molar-refractivity contribution in [2.24, 2.45) is 0 Å². The number of hydrogen-bond donors (Lipinski definition) is 3. The van der Waals surface area contributed by atoms with Crippen LogP contribution in [0.3, 0.4) is 0 Å². The lowest BCUT2D eigenvalue weighted by molar-refractivity contribution is 0.150. The van der Waals surface area contributed by atoms with Gasteiger partial charge in [0.1, 0.15) is 5.65 Å². The van der Waals surface area contributed by atoms with E-state index in [-0.39, 0.29) is 0 Å². The first-order valence-electron chi connectivity index (χ1n) is 9.01. The second-order valence-electron chi connectivity index (χ2n) is 6.78. The van der Waals surface area contributed by atoms with Crippen LogP contribution in [0.2, 0.25) is 0 Å². The van der Waals surface area contributed by atoms with Gasteiger partial charge in [-0.2, -0.15) is 0 Å². The van der Waals surface area contributed by atoms with Gasteiger partial charge in [0.2, 0.25) is 0 Å². The molecular weight excluding hydrogens is 356 g/mol. The largest absolute Gasteiger partial charge is 0.465 e. The van der Waals surface area contributed by atoms with Crippen LogP contribution in [-0.2, 0) is 0 Å². The molecule has 1 aliphatic heterocycles. The number of imidazole rings is 1. The van der Waals surface area contributed by atoms with Crippen LogP contribution in [0.1, 0.15) is 12.1 Å². The monoisotopic (exact) mass is 374 g/mol. The number of aromatic amines is 1. The molecule has 0 atom stereocenters. The molecule has 0 aromatic carbocycles. The summed E-state index contributed by atoms with van der Waals surface area (Å²) in [5.41, 5.74) is 5.83. The lowest BCUT2D eigenvalue weighted by Crippen LogP contribution is -2.33. The first-order valence-corrected chi connectivity index (χ1v) is 9.01. The van der Waals surface area contributed by atoms with E-state index in [1.807, 2.05) is 41.1 Å². The number of rotatable bonds is 3. The van der Waals surface area contributed by atoms with Gasteiger partial charge in [-0.3, -0.25) is 0 Å². The molecule has 5 rings (SSSR count). The average molecular weight is 374 g/mol. The number of hydrogen-bond acceptors (Lipinski definition) is 4. The summed E-state index contributed by atoms with van der Waals surface area (Å²) >= 11 is 0. The van der Waals surface area contributed by atoms with Gasteiger partial charge >= 0.3 is 6.09 Å². The molecule has 0 saturated heterocycles. The van der Waals surface area contributed by atoms with Gasteiger partial charge in [-0.15, -0.1) is 0 Å². The molecule has 0 bridgehead atoms. The first-order chi connectivity index (χ1) is 13.7. The van der Waals surface area contributed by atoms with Gasteiger partial charge in [0.15, 0.2) is 0 Å². The second kappa shape index (κ2) is 6.41. The van der Waals surface area contributed by atoms with Gasteiger partial charge in [-0.25, -0.2) is 14.8 Å². The van der Waals surface area contributed by atoms with Gasteiger partial charge in [0.25, 0.3) is 0 Å². The lowest BCUT2D eigenvalue weighted by atomic mass is 10.1. The molecule has 8 heteroatoms. The van der Waals surface area contributed by atoms with Crippen molar-refractivity contribution in [2.75, 3.05) is 18.4 Å². The van der Waals surface area contributed by atoms with Gasteiger partial charge in [-0.1, -0.05) is 6.08 Å². The molecule has 1 amide bonds. The highest BCUT2D eigenvalue weighted by molar-refractivity contribution is 5.94. The number of carbonyl (C=O) groups is 1. The van der Waals surface area contributed by atoms with E-state index in [2.05, 4.69) is 26.3 Å². The molecule has 140 valence electrons. The summed E-state index contributed by atoms with van der Waals surface area (Å²) in [5, 5.41) is 13.6. The van der Waals surface area contributed by atoms with Crippen LogP contribution in [0.25, 0.3) is 22.1 Å². The molecule has 5 heterocycles. The van der Waals surface area contributed by atoms with Gasteiger partial charge in [-0.05, 0) is 36.3 Å². The third kappa shape index (κ3) is 2.84. The number of aromatic nitrogens is 4. The Hall–Kier alpha value is -3.81. The van der Waals surface area contributed by atoms with Crippen LogP contribution >= 0.6 is 0 Å². The van der Waals surface area contributed by atoms with Crippen molar-refractivity contribution >= 4 is 39.6 Å². The number of pyridine rings is 2. The van der Waals surface area contributed by atoms with Crippen LogP contribution in [0, 0.1) is 0 Å².